The molecular formula is C16H19N3O2. The van der Waals surface area contributed by atoms with Crippen LogP contribution in [0.2, 0.25) is 0 Å². The largest absolute Gasteiger partial charge is 0.379 e. The number of hydrogen-bond donors (Lipinski definition) is 2. The summed E-state index contributed by atoms with van der Waals surface area (Å²) in [6.07, 6.45) is 0. The molecule has 1 aliphatic rings. The zero-order valence-corrected chi connectivity index (χ0v) is 12.3. The first-order valence-electron chi connectivity index (χ1n) is 7.04. The molecule has 1 amide bonds. The van der Waals surface area contributed by atoms with E-state index >= 15 is 0 Å². The van der Waals surface area contributed by atoms with Gasteiger partial charge in [-0.1, -0.05) is 23.8 Å². The van der Waals surface area contributed by atoms with E-state index in [1.807, 2.05) is 25.1 Å². The van der Waals surface area contributed by atoms with Gasteiger partial charge in [-0.05, 0) is 26.0 Å². The van der Waals surface area contributed by atoms with E-state index in [-0.39, 0.29) is 11.3 Å². The average Bonchev–Trinajstić information content (AvgIpc) is 2.91. The minimum atomic E-state index is -0.376. The van der Waals surface area contributed by atoms with E-state index in [1.165, 1.54) is 5.56 Å². The van der Waals surface area contributed by atoms with Gasteiger partial charge in [0, 0.05) is 5.56 Å². The summed E-state index contributed by atoms with van der Waals surface area (Å²) in [6, 6.07) is 10.1. The molecule has 1 aromatic carbocycles. The number of carbonyl (C=O) groups excluding carboxylic acids is 1. The van der Waals surface area contributed by atoms with Crippen LogP contribution < -0.4 is 5.32 Å². The van der Waals surface area contributed by atoms with Crippen molar-refractivity contribution in [2.45, 2.75) is 20.4 Å². The third-order valence-electron chi connectivity index (χ3n) is 3.77. The standard InChI is InChI=1S/C16H19N3O2/c1-11-4-3-5-12(6-11)14-7-13(18-19-14)8-17-15(20)16(2)9-21-10-16/h3-7H,8-10H2,1-2H3,(H,17,20)(H,18,19). The number of carbonyl (C=O) groups is 1. The van der Waals surface area contributed by atoms with Crippen LogP contribution in [-0.2, 0) is 16.1 Å². The molecule has 21 heavy (non-hydrogen) atoms. The molecule has 2 heterocycles. The maximum absolute atomic E-state index is 12.0. The maximum atomic E-state index is 12.0. The maximum Gasteiger partial charge on any atom is 0.230 e. The van der Waals surface area contributed by atoms with Gasteiger partial charge in [-0.25, -0.2) is 0 Å². The Kier molecular flexibility index (Phi) is 3.51. The molecule has 1 fully saturated rings. The first-order chi connectivity index (χ1) is 10.1. The summed E-state index contributed by atoms with van der Waals surface area (Å²) >= 11 is 0. The quantitative estimate of drug-likeness (QED) is 0.903. The average molecular weight is 285 g/mol. The second-order valence-corrected chi connectivity index (χ2v) is 5.88. The summed E-state index contributed by atoms with van der Waals surface area (Å²) in [7, 11) is 0. The molecule has 0 bridgehead atoms. The number of rotatable bonds is 4. The Labute approximate surface area is 123 Å². The van der Waals surface area contributed by atoms with Crippen molar-refractivity contribution in [3.05, 3.63) is 41.6 Å². The molecule has 0 spiro atoms. The van der Waals surface area contributed by atoms with Gasteiger partial charge in [0.2, 0.25) is 5.91 Å². The molecule has 110 valence electrons. The van der Waals surface area contributed by atoms with Crippen molar-refractivity contribution < 1.29 is 9.53 Å². The number of ether oxygens (including phenoxy) is 1. The van der Waals surface area contributed by atoms with Gasteiger partial charge in [-0.2, -0.15) is 5.10 Å². The number of aromatic amines is 1. The predicted octanol–water partition coefficient (Wildman–Crippen LogP) is 2.04. The fourth-order valence-corrected chi connectivity index (χ4v) is 2.33. The molecule has 0 radical (unpaired) electrons. The molecule has 5 heteroatoms. The fourth-order valence-electron chi connectivity index (χ4n) is 2.33. The number of aryl methyl sites for hydroxylation is 1. The van der Waals surface area contributed by atoms with Crippen LogP contribution in [-0.4, -0.2) is 29.3 Å². The van der Waals surface area contributed by atoms with Crippen LogP contribution in [0.4, 0.5) is 0 Å². The lowest BCUT2D eigenvalue weighted by atomic mass is 9.87. The second-order valence-electron chi connectivity index (χ2n) is 5.88. The van der Waals surface area contributed by atoms with E-state index < -0.39 is 0 Å². The summed E-state index contributed by atoms with van der Waals surface area (Å²) in [5.74, 6) is 0.0282. The first kappa shape index (κ1) is 13.8. The number of H-pyrrole nitrogens is 1. The Hall–Kier alpha value is -2.14. The topological polar surface area (TPSA) is 67.0 Å². The highest BCUT2D eigenvalue weighted by Crippen LogP contribution is 2.26. The molecule has 0 unspecified atom stereocenters. The van der Waals surface area contributed by atoms with Crippen molar-refractivity contribution in [2.75, 3.05) is 13.2 Å². The van der Waals surface area contributed by atoms with E-state index in [2.05, 4.69) is 34.6 Å². The summed E-state index contributed by atoms with van der Waals surface area (Å²) < 4.78 is 5.10. The number of amides is 1. The minimum Gasteiger partial charge on any atom is -0.379 e. The lowest BCUT2D eigenvalue weighted by molar-refractivity contribution is -0.157. The van der Waals surface area contributed by atoms with Crippen LogP contribution in [0.5, 0.6) is 0 Å². The molecule has 1 aliphatic heterocycles. The van der Waals surface area contributed by atoms with Crippen molar-refractivity contribution >= 4 is 5.91 Å². The zero-order valence-electron chi connectivity index (χ0n) is 12.3. The molecule has 3 rings (SSSR count). The summed E-state index contributed by atoms with van der Waals surface area (Å²) in [5.41, 5.74) is 3.68. The number of nitrogens with one attached hydrogen (secondary N) is 2. The number of hydrogen-bond acceptors (Lipinski definition) is 3. The molecule has 5 nitrogen and oxygen atoms in total. The Morgan fingerprint density at radius 2 is 2.24 bits per heavy atom. The third-order valence-corrected chi connectivity index (χ3v) is 3.77. The van der Waals surface area contributed by atoms with Crippen LogP contribution in [0.25, 0.3) is 11.3 Å². The van der Waals surface area contributed by atoms with Crippen molar-refractivity contribution in [3.8, 4) is 11.3 Å². The van der Waals surface area contributed by atoms with Crippen LogP contribution in [0.1, 0.15) is 18.2 Å². The van der Waals surface area contributed by atoms with Gasteiger partial charge in [0.15, 0.2) is 0 Å². The molecule has 2 N–H and O–H groups in total. The van der Waals surface area contributed by atoms with Gasteiger partial charge in [-0.15, -0.1) is 0 Å². The van der Waals surface area contributed by atoms with E-state index in [0.29, 0.717) is 19.8 Å². The number of benzene rings is 1. The zero-order chi connectivity index (χ0) is 14.9. The lowest BCUT2D eigenvalue weighted by Crippen LogP contribution is -2.51. The highest BCUT2D eigenvalue weighted by molar-refractivity contribution is 5.83. The molecule has 1 aromatic heterocycles. The normalized spacial score (nSPS) is 16.3. The van der Waals surface area contributed by atoms with Crippen LogP contribution in [0, 0.1) is 12.3 Å². The van der Waals surface area contributed by atoms with E-state index in [4.69, 9.17) is 4.74 Å². The van der Waals surface area contributed by atoms with Crippen LogP contribution in [0.15, 0.2) is 30.3 Å². The Balaban J connectivity index is 1.64. The Morgan fingerprint density at radius 1 is 1.43 bits per heavy atom. The number of aromatic nitrogens is 2. The summed E-state index contributed by atoms with van der Waals surface area (Å²) in [6.45, 7) is 5.41. The van der Waals surface area contributed by atoms with Crippen molar-refractivity contribution in [1.29, 1.82) is 0 Å². The van der Waals surface area contributed by atoms with Crippen LogP contribution >= 0.6 is 0 Å². The minimum absolute atomic E-state index is 0.0282. The van der Waals surface area contributed by atoms with Crippen molar-refractivity contribution in [1.82, 2.24) is 15.5 Å². The van der Waals surface area contributed by atoms with E-state index in [1.54, 1.807) is 0 Å². The van der Waals surface area contributed by atoms with Gasteiger partial charge in [0.05, 0.1) is 36.6 Å². The molecular weight excluding hydrogens is 266 g/mol. The second kappa shape index (κ2) is 5.33. The van der Waals surface area contributed by atoms with E-state index in [9.17, 15) is 4.79 Å². The molecule has 0 atom stereocenters. The number of nitrogens with zero attached hydrogens (tertiary/aromatic N) is 1. The van der Waals surface area contributed by atoms with Gasteiger partial charge < -0.3 is 10.1 Å². The smallest absolute Gasteiger partial charge is 0.230 e. The van der Waals surface area contributed by atoms with Crippen LogP contribution in [0.3, 0.4) is 0 Å². The summed E-state index contributed by atoms with van der Waals surface area (Å²) in [5, 5.41) is 10.2. The molecule has 0 saturated carbocycles. The van der Waals surface area contributed by atoms with Gasteiger partial charge >= 0.3 is 0 Å². The predicted molar refractivity (Wildman–Crippen MR) is 79.5 cm³/mol. The fraction of sp³-hybridized carbons (Fsp3) is 0.375. The lowest BCUT2D eigenvalue weighted by Gasteiger charge is -2.36. The van der Waals surface area contributed by atoms with Gasteiger partial charge in [-0.3, -0.25) is 9.89 Å². The Bertz CT molecular complexity index is 659. The van der Waals surface area contributed by atoms with Gasteiger partial charge in [0.1, 0.15) is 0 Å². The molecule has 2 aromatic rings. The highest BCUT2D eigenvalue weighted by atomic mass is 16.5. The van der Waals surface area contributed by atoms with Crippen molar-refractivity contribution in [2.24, 2.45) is 5.41 Å². The SMILES string of the molecule is Cc1cccc(-c2cc(CNC(=O)C3(C)COC3)[nH]n2)c1. The Morgan fingerprint density at radius 3 is 2.90 bits per heavy atom. The highest BCUT2D eigenvalue weighted by Gasteiger charge is 2.40. The third kappa shape index (κ3) is 2.83. The molecule has 0 aliphatic carbocycles. The molecule has 1 saturated heterocycles. The van der Waals surface area contributed by atoms with Crippen molar-refractivity contribution in [3.63, 3.8) is 0 Å². The van der Waals surface area contributed by atoms with Gasteiger partial charge in [0.25, 0.3) is 0 Å². The van der Waals surface area contributed by atoms with E-state index in [0.717, 1.165) is 17.0 Å². The summed E-state index contributed by atoms with van der Waals surface area (Å²) in [4.78, 5) is 12.0. The first-order valence-corrected chi connectivity index (χ1v) is 7.04. The monoisotopic (exact) mass is 285 g/mol.